The first-order valence-corrected chi connectivity index (χ1v) is 6.69. The highest BCUT2D eigenvalue weighted by Crippen LogP contribution is 2.25. The molecular formula is C13H26N2O2. The predicted octanol–water partition coefficient (Wildman–Crippen LogP) is 1.13. The maximum atomic E-state index is 12.1. The van der Waals surface area contributed by atoms with Crippen LogP contribution in [0.5, 0.6) is 0 Å². The third-order valence-corrected chi connectivity index (χ3v) is 3.91. The Labute approximate surface area is 104 Å². The fraction of sp³-hybridized carbons (Fsp3) is 0.923. The maximum Gasteiger partial charge on any atom is 0.237 e. The molecule has 100 valence electrons. The first-order chi connectivity index (χ1) is 8.01. The van der Waals surface area contributed by atoms with Crippen LogP contribution in [0.1, 0.15) is 47.0 Å². The summed E-state index contributed by atoms with van der Waals surface area (Å²) in [6.07, 6.45) is 3.09. The average Bonchev–Trinajstić information content (AvgIpc) is 2.64. The molecule has 4 heteroatoms. The topological polar surface area (TPSA) is 52.6 Å². The minimum Gasteiger partial charge on any atom is -0.394 e. The van der Waals surface area contributed by atoms with Gasteiger partial charge in [0.2, 0.25) is 5.91 Å². The average molecular weight is 242 g/mol. The van der Waals surface area contributed by atoms with Gasteiger partial charge in [0.05, 0.1) is 18.7 Å². The van der Waals surface area contributed by atoms with E-state index in [4.69, 9.17) is 5.11 Å². The van der Waals surface area contributed by atoms with E-state index in [1.165, 1.54) is 0 Å². The third kappa shape index (κ3) is 3.42. The second-order valence-electron chi connectivity index (χ2n) is 5.19. The number of carbonyl (C=O) groups is 1. The summed E-state index contributed by atoms with van der Waals surface area (Å²) in [7, 11) is 0. The van der Waals surface area contributed by atoms with Crippen LogP contribution in [0.15, 0.2) is 0 Å². The second kappa shape index (κ2) is 6.36. The Balaban J connectivity index is 2.56. The van der Waals surface area contributed by atoms with Gasteiger partial charge in [-0.25, -0.2) is 0 Å². The van der Waals surface area contributed by atoms with Crippen molar-refractivity contribution in [1.29, 1.82) is 0 Å². The van der Waals surface area contributed by atoms with Gasteiger partial charge in [-0.1, -0.05) is 6.92 Å². The lowest BCUT2D eigenvalue weighted by atomic mass is 10.1. The number of carbonyl (C=O) groups excluding carboxylic acids is 1. The monoisotopic (exact) mass is 242 g/mol. The zero-order valence-corrected chi connectivity index (χ0v) is 11.4. The largest absolute Gasteiger partial charge is 0.394 e. The summed E-state index contributed by atoms with van der Waals surface area (Å²) in [6, 6.07) is 0.723. The standard InChI is InChI=1S/C13H26N2O2/c1-5-12(8-16)14-13(17)11(4)15-9(2)6-7-10(15)3/h9-12,16H,5-8H2,1-4H3,(H,14,17)/t9-,10+,11-,12+/m0/s1. The lowest BCUT2D eigenvalue weighted by molar-refractivity contribution is -0.127. The Morgan fingerprint density at radius 1 is 1.41 bits per heavy atom. The molecule has 0 radical (unpaired) electrons. The molecule has 0 aromatic heterocycles. The molecule has 4 atom stereocenters. The molecular weight excluding hydrogens is 216 g/mol. The lowest BCUT2D eigenvalue weighted by Gasteiger charge is -2.32. The van der Waals surface area contributed by atoms with Crippen molar-refractivity contribution in [3.05, 3.63) is 0 Å². The highest BCUT2D eigenvalue weighted by molar-refractivity contribution is 5.81. The Bertz CT molecular complexity index is 244. The van der Waals surface area contributed by atoms with Crippen LogP contribution < -0.4 is 5.32 Å². The Hall–Kier alpha value is -0.610. The van der Waals surface area contributed by atoms with Crippen molar-refractivity contribution in [2.45, 2.75) is 71.1 Å². The Morgan fingerprint density at radius 2 is 1.94 bits per heavy atom. The van der Waals surface area contributed by atoms with Crippen molar-refractivity contribution in [1.82, 2.24) is 10.2 Å². The van der Waals surface area contributed by atoms with E-state index in [9.17, 15) is 4.79 Å². The number of rotatable bonds is 5. The van der Waals surface area contributed by atoms with Crippen LogP contribution in [0.2, 0.25) is 0 Å². The van der Waals surface area contributed by atoms with Crippen molar-refractivity contribution < 1.29 is 9.90 Å². The summed E-state index contributed by atoms with van der Waals surface area (Å²) in [5, 5.41) is 12.0. The number of nitrogens with one attached hydrogen (secondary N) is 1. The fourth-order valence-electron chi connectivity index (χ4n) is 2.71. The zero-order chi connectivity index (χ0) is 13.0. The molecule has 1 heterocycles. The lowest BCUT2D eigenvalue weighted by Crippen LogP contribution is -2.51. The van der Waals surface area contributed by atoms with Crippen LogP contribution >= 0.6 is 0 Å². The van der Waals surface area contributed by atoms with Crippen LogP contribution in [0.3, 0.4) is 0 Å². The summed E-state index contributed by atoms with van der Waals surface area (Å²) in [5.74, 6) is 0.0338. The molecule has 1 amide bonds. The Kier molecular flexibility index (Phi) is 5.40. The van der Waals surface area contributed by atoms with Gasteiger partial charge in [-0.3, -0.25) is 9.69 Å². The highest BCUT2D eigenvalue weighted by Gasteiger charge is 2.34. The number of amides is 1. The van der Waals surface area contributed by atoms with Crippen molar-refractivity contribution in [2.75, 3.05) is 6.61 Å². The first-order valence-electron chi connectivity index (χ1n) is 6.69. The van der Waals surface area contributed by atoms with E-state index in [0.717, 1.165) is 19.3 Å². The van der Waals surface area contributed by atoms with Crippen LogP contribution in [0.4, 0.5) is 0 Å². The van der Waals surface area contributed by atoms with Crippen molar-refractivity contribution >= 4 is 5.91 Å². The summed E-state index contributed by atoms with van der Waals surface area (Å²) in [4.78, 5) is 14.4. The molecule has 0 saturated carbocycles. The van der Waals surface area contributed by atoms with Gasteiger partial charge in [-0.05, 0) is 40.0 Å². The maximum absolute atomic E-state index is 12.1. The normalized spacial score (nSPS) is 29.0. The summed E-state index contributed by atoms with van der Waals surface area (Å²) < 4.78 is 0. The summed E-state index contributed by atoms with van der Waals surface area (Å²) >= 11 is 0. The molecule has 1 saturated heterocycles. The van der Waals surface area contributed by atoms with Gasteiger partial charge in [0, 0.05) is 12.1 Å². The minimum atomic E-state index is -0.113. The molecule has 0 aromatic rings. The smallest absolute Gasteiger partial charge is 0.237 e. The predicted molar refractivity (Wildman–Crippen MR) is 68.8 cm³/mol. The van der Waals surface area contributed by atoms with E-state index in [-0.39, 0.29) is 24.6 Å². The molecule has 0 aliphatic carbocycles. The van der Waals surface area contributed by atoms with E-state index < -0.39 is 0 Å². The second-order valence-corrected chi connectivity index (χ2v) is 5.19. The van der Waals surface area contributed by atoms with Crippen LogP contribution in [-0.4, -0.2) is 46.7 Å². The van der Waals surface area contributed by atoms with Crippen molar-refractivity contribution in [3.8, 4) is 0 Å². The van der Waals surface area contributed by atoms with Gasteiger partial charge in [0.1, 0.15) is 0 Å². The molecule has 1 aliphatic rings. The number of likely N-dealkylation sites (tertiary alicyclic amines) is 1. The van der Waals surface area contributed by atoms with Gasteiger partial charge < -0.3 is 10.4 Å². The van der Waals surface area contributed by atoms with E-state index in [1.807, 2.05) is 13.8 Å². The molecule has 4 nitrogen and oxygen atoms in total. The van der Waals surface area contributed by atoms with E-state index in [0.29, 0.717) is 12.1 Å². The SMILES string of the molecule is CC[C@H](CO)NC(=O)[C@H](C)N1[C@H](C)CC[C@@H]1C. The first kappa shape index (κ1) is 14.5. The molecule has 2 N–H and O–H groups in total. The molecule has 1 rings (SSSR count). The van der Waals surface area contributed by atoms with Crippen LogP contribution in [0, 0.1) is 0 Å². The Morgan fingerprint density at radius 3 is 2.35 bits per heavy atom. The van der Waals surface area contributed by atoms with Crippen LogP contribution in [0.25, 0.3) is 0 Å². The zero-order valence-electron chi connectivity index (χ0n) is 11.4. The molecule has 1 fully saturated rings. The number of hydrogen-bond acceptors (Lipinski definition) is 3. The number of hydrogen-bond donors (Lipinski definition) is 2. The fourth-order valence-corrected chi connectivity index (χ4v) is 2.71. The number of aliphatic hydroxyl groups excluding tert-OH is 1. The van der Waals surface area contributed by atoms with Gasteiger partial charge in [0.15, 0.2) is 0 Å². The molecule has 0 bridgehead atoms. The summed E-state index contributed by atoms with van der Waals surface area (Å²) in [6.45, 7) is 8.29. The van der Waals surface area contributed by atoms with Crippen LogP contribution in [-0.2, 0) is 4.79 Å². The van der Waals surface area contributed by atoms with Gasteiger partial charge in [0.25, 0.3) is 0 Å². The minimum absolute atomic E-state index is 0.0140. The van der Waals surface area contributed by atoms with Gasteiger partial charge in [-0.2, -0.15) is 0 Å². The van der Waals surface area contributed by atoms with Gasteiger partial charge in [-0.15, -0.1) is 0 Å². The third-order valence-electron chi connectivity index (χ3n) is 3.91. The van der Waals surface area contributed by atoms with E-state index in [2.05, 4.69) is 24.1 Å². The molecule has 0 aromatic carbocycles. The molecule has 0 spiro atoms. The van der Waals surface area contributed by atoms with E-state index in [1.54, 1.807) is 0 Å². The molecule has 1 aliphatic heterocycles. The van der Waals surface area contributed by atoms with Crippen molar-refractivity contribution in [2.24, 2.45) is 0 Å². The van der Waals surface area contributed by atoms with E-state index >= 15 is 0 Å². The molecule has 17 heavy (non-hydrogen) atoms. The number of nitrogens with zero attached hydrogens (tertiary/aromatic N) is 1. The van der Waals surface area contributed by atoms with Gasteiger partial charge >= 0.3 is 0 Å². The highest BCUT2D eigenvalue weighted by atomic mass is 16.3. The number of aliphatic hydroxyl groups is 1. The van der Waals surface area contributed by atoms with Crippen molar-refractivity contribution in [3.63, 3.8) is 0 Å². The summed E-state index contributed by atoms with van der Waals surface area (Å²) in [5.41, 5.74) is 0. The quantitative estimate of drug-likeness (QED) is 0.760. The molecule has 0 unspecified atom stereocenters.